The molecule has 1 aliphatic heterocycles. The van der Waals surface area contributed by atoms with E-state index in [9.17, 15) is 22.8 Å². The molecular weight excluding hydrogens is 559 g/mol. The highest BCUT2D eigenvalue weighted by atomic mass is 19.4. The van der Waals surface area contributed by atoms with Gasteiger partial charge in [0, 0.05) is 18.6 Å². The first kappa shape index (κ1) is 32.2. The fourth-order valence-corrected chi connectivity index (χ4v) is 5.95. The molecule has 2 aromatic carbocycles. The normalized spacial score (nSPS) is 19.0. The maximum absolute atomic E-state index is 14.6. The quantitative estimate of drug-likeness (QED) is 0.204. The zero-order valence-electron chi connectivity index (χ0n) is 25.3. The highest BCUT2D eigenvalue weighted by Gasteiger charge is 2.48. The summed E-state index contributed by atoms with van der Waals surface area (Å²) in [7, 11) is 0. The van der Waals surface area contributed by atoms with E-state index in [1.165, 1.54) is 17.9 Å². The molecule has 2 aromatic rings. The van der Waals surface area contributed by atoms with E-state index in [1.54, 1.807) is 29.2 Å². The van der Waals surface area contributed by atoms with E-state index in [2.05, 4.69) is 4.85 Å². The Kier molecular flexibility index (Phi) is 9.93. The molecule has 1 atom stereocenters. The van der Waals surface area contributed by atoms with Crippen molar-refractivity contribution in [2.45, 2.75) is 103 Å². The van der Waals surface area contributed by atoms with Gasteiger partial charge in [-0.1, -0.05) is 51.2 Å². The van der Waals surface area contributed by atoms with Crippen molar-refractivity contribution in [1.82, 2.24) is 4.90 Å². The van der Waals surface area contributed by atoms with Gasteiger partial charge in [-0.25, -0.2) is 4.85 Å². The van der Waals surface area contributed by atoms with Crippen LogP contribution in [0.1, 0.15) is 95.0 Å². The molecule has 232 valence electrons. The maximum Gasteiger partial charge on any atom is 0.417 e. The summed E-state index contributed by atoms with van der Waals surface area (Å²) in [6, 6.07) is 7.95. The monoisotopic (exact) mass is 599 g/mol. The fourth-order valence-electron chi connectivity index (χ4n) is 5.95. The molecule has 43 heavy (non-hydrogen) atoms. The minimum absolute atomic E-state index is 0.122. The molecule has 1 saturated carbocycles. The van der Waals surface area contributed by atoms with Crippen LogP contribution in [0, 0.1) is 6.57 Å². The first-order valence-corrected chi connectivity index (χ1v) is 15.1. The third-order valence-electron chi connectivity index (χ3n) is 8.18. The fraction of sp³-hybridized carbons (Fsp3) is 0.545. The van der Waals surface area contributed by atoms with Gasteiger partial charge in [-0.3, -0.25) is 9.59 Å². The van der Waals surface area contributed by atoms with Crippen LogP contribution < -0.4 is 14.4 Å². The average molecular weight is 600 g/mol. The third-order valence-corrected chi connectivity index (χ3v) is 8.18. The number of rotatable bonds is 10. The van der Waals surface area contributed by atoms with Crippen LogP contribution in [0.15, 0.2) is 36.4 Å². The first-order valence-electron chi connectivity index (χ1n) is 15.1. The Labute approximate surface area is 251 Å². The van der Waals surface area contributed by atoms with Gasteiger partial charge in [0.2, 0.25) is 5.60 Å². The Morgan fingerprint density at radius 2 is 1.84 bits per heavy atom. The van der Waals surface area contributed by atoms with Crippen molar-refractivity contribution < 1.29 is 32.2 Å². The number of nitrogens with zero attached hydrogens (tertiary/aromatic N) is 3. The Morgan fingerprint density at radius 3 is 2.42 bits per heavy atom. The van der Waals surface area contributed by atoms with Crippen molar-refractivity contribution in [1.29, 1.82) is 0 Å². The smallest absolute Gasteiger partial charge is 0.417 e. The Bertz CT molecular complexity index is 1350. The molecule has 10 heteroatoms. The van der Waals surface area contributed by atoms with Gasteiger partial charge in [-0.15, -0.1) is 0 Å². The Balaban J connectivity index is 1.76. The largest absolute Gasteiger partial charge is 0.489 e. The van der Waals surface area contributed by atoms with Crippen molar-refractivity contribution in [3.63, 3.8) is 0 Å². The molecular formula is C33H40F3N3O4. The number of anilines is 1. The molecule has 0 spiro atoms. The number of hydrogen-bond acceptors (Lipinski definition) is 4. The van der Waals surface area contributed by atoms with Gasteiger partial charge in [-0.2, -0.15) is 13.2 Å². The minimum atomic E-state index is -4.83. The molecule has 0 bridgehead atoms. The van der Waals surface area contributed by atoms with Crippen molar-refractivity contribution in [3.8, 4) is 11.5 Å². The number of ether oxygens (including phenoxy) is 2. The van der Waals surface area contributed by atoms with Gasteiger partial charge in [0.05, 0.1) is 23.4 Å². The average Bonchev–Trinajstić information content (AvgIpc) is 2.98. The van der Waals surface area contributed by atoms with Crippen molar-refractivity contribution in [2.24, 2.45) is 0 Å². The summed E-state index contributed by atoms with van der Waals surface area (Å²) in [5, 5.41) is 0. The first-order chi connectivity index (χ1) is 20.4. The molecule has 0 radical (unpaired) electrons. The molecule has 0 aromatic heterocycles. The molecule has 0 saturated heterocycles. The lowest BCUT2D eigenvalue weighted by Gasteiger charge is -2.41. The topological polar surface area (TPSA) is 63.4 Å². The highest BCUT2D eigenvalue weighted by molar-refractivity contribution is 6.05. The summed E-state index contributed by atoms with van der Waals surface area (Å²) < 4.78 is 55.6. The molecule has 2 aliphatic rings. The predicted molar refractivity (Wildman–Crippen MR) is 159 cm³/mol. The van der Waals surface area contributed by atoms with Gasteiger partial charge in [0.15, 0.2) is 5.69 Å². The summed E-state index contributed by atoms with van der Waals surface area (Å²) in [6.07, 6.45) is 1.89. The number of fused-ring (bicyclic) bond motifs is 1. The zero-order valence-corrected chi connectivity index (χ0v) is 25.3. The number of carbonyl (C=O) groups is 2. The van der Waals surface area contributed by atoms with Gasteiger partial charge in [-0.05, 0) is 64.3 Å². The standard InChI is InChI=1S/C33H40F3N3O4/c1-6-7-11-18-38-28-19-26(30(40)39(22(2)3)24-12-9-8-10-13-24)27(33(34,35)36)20-29(28)43-32(4,31(38)41)21-42-25-16-14-23(37-5)15-17-25/h14-17,19-20,22,24H,6-13,18,21H2,1-4H3. The van der Waals surface area contributed by atoms with Gasteiger partial charge in [0.25, 0.3) is 11.8 Å². The van der Waals surface area contributed by atoms with Crippen LogP contribution in [0.4, 0.5) is 24.5 Å². The van der Waals surface area contributed by atoms with Crippen molar-refractivity contribution >= 4 is 23.2 Å². The number of benzene rings is 2. The maximum atomic E-state index is 14.6. The third kappa shape index (κ3) is 7.09. The van der Waals surface area contributed by atoms with Crippen LogP contribution in [0.25, 0.3) is 4.85 Å². The molecule has 1 unspecified atom stereocenters. The second-order valence-corrected chi connectivity index (χ2v) is 11.9. The van der Waals surface area contributed by atoms with E-state index in [1.807, 2.05) is 20.8 Å². The summed E-state index contributed by atoms with van der Waals surface area (Å²) in [4.78, 5) is 34.3. The SMILES string of the molecule is [C-]#[N+]c1ccc(OCC2(C)Oc3cc(C(F)(F)F)c(C(=O)N(C(C)C)C4CCCCC4)cc3N(CCCCC)C2=O)cc1. The molecule has 7 nitrogen and oxygen atoms in total. The van der Waals surface area contributed by atoms with Crippen LogP contribution in [0.3, 0.4) is 0 Å². The molecule has 0 N–H and O–H groups in total. The Morgan fingerprint density at radius 1 is 1.16 bits per heavy atom. The lowest BCUT2D eigenvalue weighted by atomic mass is 9.92. The van der Waals surface area contributed by atoms with E-state index in [0.29, 0.717) is 17.9 Å². The number of hydrogen-bond donors (Lipinski definition) is 0. The van der Waals surface area contributed by atoms with Crippen LogP contribution in [0.5, 0.6) is 11.5 Å². The van der Waals surface area contributed by atoms with E-state index < -0.39 is 34.7 Å². The number of carbonyl (C=O) groups excluding carboxylic acids is 2. The minimum Gasteiger partial charge on any atom is -0.489 e. The van der Waals surface area contributed by atoms with Crippen LogP contribution >= 0.6 is 0 Å². The van der Waals surface area contributed by atoms with E-state index in [4.69, 9.17) is 16.0 Å². The molecule has 1 heterocycles. The molecule has 1 fully saturated rings. The van der Waals surface area contributed by atoms with E-state index in [-0.39, 0.29) is 36.7 Å². The predicted octanol–water partition coefficient (Wildman–Crippen LogP) is 8.19. The van der Waals surface area contributed by atoms with Gasteiger partial charge >= 0.3 is 6.18 Å². The van der Waals surface area contributed by atoms with Crippen LogP contribution in [-0.4, -0.2) is 47.6 Å². The second kappa shape index (κ2) is 13.3. The molecule has 4 rings (SSSR count). The van der Waals surface area contributed by atoms with Crippen molar-refractivity contribution in [2.75, 3.05) is 18.1 Å². The molecule has 1 aliphatic carbocycles. The van der Waals surface area contributed by atoms with E-state index >= 15 is 0 Å². The van der Waals surface area contributed by atoms with Crippen LogP contribution in [0.2, 0.25) is 0 Å². The summed E-state index contributed by atoms with van der Waals surface area (Å²) >= 11 is 0. The summed E-state index contributed by atoms with van der Waals surface area (Å²) in [6.45, 7) is 14.3. The van der Waals surface area contributed by atoms with Gasteiger partial charge < -0.3 is 19.3 Å². The number of alkyl halides is 3. The molecule has 2 amide bonds. The lowest BCUT2D eigenvalue weighted by molar-refractivity contribution is -0.139. The van der Waals surface area contributed by atoms with Crippen molar-refractivity contribution in [3.05, 3.63) is 58.9 Å². The highest BCUT2D eigenvalue weighted by Crippen LogP contribution is 2.45. The van der Waals surface area contributed by atoms with Crippen LogP contribution in [-0.2, 0) is 11.0 Å². The number of halogens is 3. The zero-order chi connectivity index (χ0) is 31.4. The second-order valence-electron chi connectivity index (χ2n) is 11.9. The Hall–Kier alpha value is -3.74. The van der Waals surface area contributed by atoms with Gasteiger partial charge in [0.1, 0.15) is 18.1 Å². The summed E-state index contributed by atoms with van der Waals surface area (Å²) in [5.41, 5.74) is -2.61. The summed E-state index contributed by atoms with van der Waals surface area (Å²) in [5.74, 6) is -0.873. The number of amides is 2. The van der Waals surface area contributed by atoms with E-state index in [0.717, 1.165) is 51.0 Å². The number of unbranched alkanes of at least 4 members (excludes halogenated alkanes) is 2. The lowest BCUT2D eigenvalue weighted by Crippen LogP contribution is -2.58.